The number of carbonyl (C=O) groups is 2. The van der Waals surface area contributed by atoms with Crippen LogP contribution in [0.5, 0.6) is 17.2 Å². The molecule has 1 heterocycles. The van der Waals surface area contributed by atoms with Crippen LogP contribution in [-0.4, -0.2) is 38.8 Å². The minimum Gasteiger partial charge on any atom is -0.493 e. The van der Waals surface area contributed by atoms with E-state index in [1.807, 2.05) is 18.2 Å². The van der Waals surface area contributed by atoms with Crippen molar-refractivity contribution in [1.29, 1.82) is 0 Å². The van der Waals surface area contributed by atoms with Gasteiger partial charge in [-0.1, -0.05) is 24.3 Å². The molecular weight excluding hydrogens is 398 g/mol. The van der Waals surface area contributed by atoms with Gasteiger partial charge in [-0.2, -0.15) is 0 Å². The van der Waals surface area contributed by atoms with E-state index in [4.69, 9.17) is 18.9 Å². The van der Waals surface area contributed by atoms with Crippen LogP contribution in [0.3, 0.4) is 0 Å². The van der Waals surface area contributed by atoms with Gasteiger partial charge in [0.25, 0.3) is 5.91 Å². The van der Waals surface area contributed by atoms with Crippen LogP contribution in [-0.2, 0) is 20.7 Å². The molecule has 4 rings (SSSR count). The number of methoxy groups -OCH3 is 1. The van der Waals surface area contributed by atoms with E-state index in [-0.39, 0.29) is 18.6 Å². The first kappa shape index (κ1) is 20.8. The fraction of sp³-hybridized carbons (Fsp3) is 0.333. The predicted octanol–water partition coefficient (Wildman–Crippen LogP) is 3.22. The van der Waals surface area contributed by atoms with Crippen LogP contribution in [0.2, 0.25) is 0 Å². The Morgan fingerprint density at radius 3 is 2.90 bits per heavy atom. The zero-order chi connectivity index (χ0) is 21.6. The van der Waals surface area contributed by atoms with Crippen molar-refractivity contribution in [3.8, 4) is 17.2 Å². The van der Waals surface area contributed by atoms with Crippen molar-refractivity contribution in [3.05, 3.63) is 59.2 Å². The first-order valence-corrected chi connectivity index (χ1v) is 10.3. The van der Waals surface area contributed by atoms with E-state index in [2.05, 4.69) is 11.4 Å². The minimum absolute atomic E-state index is 0.0446. The lowest BCUT2D eigenvalue weighted by Gasteiger charge is -2.26. The SMILES string of the molecule is COc1cc(/C=C/C(=O)OCC(=O)N[C@H]2CCCc3ccccc32)cc2c1OCCO2. The number of benzene rings is 2. The summed E-state index contributed by atoms with van der Waals surface area (Å²) in [6.45, 7) is 0.581. The van der Waals surface area contributed by atoms with Crippen molar-refractivity contribution >= 4 is 18.0 Å². The third-order valence-electron chi connectivity index (χ3n) is 5.31. The largest absolute Gasteiger partial charge is 0.493 e. The lowest BCUT2D eigenvalue weighted by molar-refractivity contribution is -0.144. The molecule has 31 heavy (non-hydrogen) atoms. The number of fused-ring (bicyclic) bond motifs is 2. The number of rotatable bonds is 6. The van der Waals surface area contributed by atoms with E-state index >= 15 is 0 Å². The zero-order valence-corrected chi connectivity index (χ0v) is 17.4. The second-order valence-electron chi connectivity index (χ2n) is 7.40. The van der Waals surface area contributed by atoms with Gasteiger partial charge in [0.05, 0.1) is 13.2 Å². The molecule has 1 amide bonds. The molecule has 0 radical (unpaired) electrons. The molecule has 7 heteroatoms. The van der Waals surface area contributed by atoms with Gasteiger partial charge >= 0.3 is 5.97 Å². The molecule has 162 valence electrons. The lowest BCUT2D eigenvalue weighted by Crippen LogP contribution is -2.34. The topological polar surface area (TPSA) is 83.1 Å². The summed E-state index contributed by atoms with van der Waals surface area (Å²) in [5.41, 5.74) is 3.09. The summed E-state index contributed by atoms with van der Waals surface area (Å²) in [6, 6.07) is 11.6. The third kappa shape index (κ3) is 4.99. The molecule has 1 atom stereocenters. The monoisotopic (exact) mass is 423 g/mol. The molecule has 2 aliphatic rings. The van der Waals surface area contributed by atoms with Gasteiger partial charge in [0.1, 0.15) is 13.2 Å². The molecule has 0 spiro atoms. The highest BCUT2D eigenvalue weighted by atomic mass is 16.6. The molecule has 1 aliphatic heterocycles. The van der Waals surface area contributed by atoms with E-state index < -0.39 is 5.97 Å². The smallest absolute Gasteiger partial charge is 0.331 e. The predicted molar refractivity (Wildman–Crippen MR) is 114 cm³/mol. The van der Waals surface area contributed by atoms with Gasteiger partial charge in [-0.3, -0.25) is 4.79 Å². The fourth-order valence-corrected chi connectivity index (χ4v) is 3.88. The van der Waals surface area contributed by atoms with Crippen LogP contribution in [0.15, 0.2) is 42.5 Å². The number of aryl methyl sites for hydroxylation is 1. The van der Waals surface area contributed by atoms with Crippen molar-refractivity contribution in [2.24, 2.45) is 0 Å². The Labute approximate surface area is 180 Å². The summed E-state index contributed by atoms with van der Waals surface area (Å²) >= 11 is 0. The zero-order valence-electron chi connectivity index (χ0n) is 17.4. The van der Waals surface area contributed by atoms with Crippen molar-refractivity contribution in [1.82, 2.24) is 5.32 Å². The minimum atomic E-state index is -0.604. The number of hydrogen-bond donors (Lipinski definition) is 1. The standard InChI is InChI=1S/C24H25NO6/c1-28-20-13-16(14-21-24(20)30-12-11-29-21)9-10-23(27)31-15-22(26)25-19-8-4-6-17-5-2-3-7-18(17)19/h2-3,5,7,9-10,13-14,19H,4,6,8,11-12,15H2,1H3,(H,25,26)/b10-9+/t19-/m0/s1. The molecule has 1 aliphatic carbocycles. The highest BCUT2D eigenvalue weighted by molar-refractivity contribution is 5.89. The first-order chi connectivity index (χ1) is 15.1. The van der Waals surface area contributed by atoms with Gasteiger partial charge in [-0.05, 0) is 54.2 Å². The maximum atomic E-state index is 12.3. The summed E-state index contributed by atoms with van der Waals surface area (Å²) < 4.78 is 21.6. The first-order valence-electron chi connectivity index (χ1n) is 10.3. The number of carbonyl (C=O) groups excluding carboxylic acids is 2. The number of amides is 1. The van der Waals surface area contributed by atoms with E-state index in [0.29, 0.717) is 36.0 Å². The summed E-state index contributed by atoms with van der Waals surface area (Å²) in [5, 5.41) is 2.97. The Bertz CT molecular complexity index is 982. The molecule has 0 unspecified atom stereocenters. The molecule has 2 aromatic carbocycles. The van der Waals surface area contributed by atoms with Gasteiger partial charge in [0, 0.05) is 6.08 Å². The van der Waals surface area contributed by atoms with E-state index in [9.17, 15) is 9.59 Å². The van der Waals surface area contributed by atoms with Crippen LogP contribution >= 0.6 is 0 Å². The Morgan fingerprint density at radius 2 is 2.03 bits per heavy atom. The summed E-state index contributed by atoms with van der Waals surface area (Å²) in [5.74, 6) is 0.718. The van der Waals surface area contributed by atoms with Crippen LogP contribution in [0.25, 0.3) is 6.08 Å². The molecular formula is C24H25NO6. The number of hydrogen-bond acceptors (Lipinski definition) is 6. The van der Waals surface area contributed by atoms with Crippen LogP contribution in [0, 0.1) is 0 Å². The van der Waals surface area contributed by atoms with Crippen molar-refractivity contribution < 1.29 is 28.5 Å². The average Bonchev–Trinajstić information content (AvgIpc) is 2.81. The second kappa shape index (κ2) is 9.55. The van der Waals surface area contributed by atoms with Crippen LogP contribution in [0.1, 0.15) is 35.6 Å². The number of nitrogens with one attached hydrogen (secondary N) is 1. The quantitative estimate of drug-likeness (QED) is 0.568. The number of esters is 1. The molecule has 7 nitrogen and oxygen atoms in total. The maximum Gasteiger partial charge on any atom is 0.331 e. The van der Waals surface area contributed by atoms with Crippen LogP contribution < -0.4 is 19.5 Å². The van der Waals surface area contributed by atoms with E-state index in [1.54, 1.807) is 25.3 Å². The summed E-state index contributed by atoms with van der Waals surface area (Å²) in [4.78, 5) is 24.4. The molecule has 1 N–H and O–H groups in total. The molecule has 2 aromatic rings. The number of ether oxygens (including phenoxy) is 4. The van der Waals surface area contributed by atoms with E-state index in [1.165, 1.54) is 11.6 Å². The lowest BCUT2D eigenvalue weighted by atomic mass is 9.88. The summed E-state index contributed by atoms with van der Waals surface area (Å²) in [7, 11) is 1.54. The highest BCUT2D eigenvalue weighted by Crippen LogP contribution is 2.40. The molecule has 0 fully saturated rings. The average molecular weight is 423 g/mol. The Hall–Kier alpha value is -3.48. The maximum absolute atomic E-state index is 12.3. The highest BCUT2D eigenvalue weighted by Gasteiger charge is 2.22. The van der Waals surface area contributed by atoms with Crippen molar-refractivity contribution in [2.45, 2.75) is 25.3 Å². The molecule has 0 saturated heterocycles. The normalized spacial score (nSPS) is 17.0. The molecule has 0 bridgehead atoms. The van der Waals surface area contributed by atoms with Crippen LogP contribution in [0.4, 0.5) is 0 Å². The van der Waals surface area contributed by atoms with Gasteiger partial charge < -0.3 is 24.3 Å². The summed E-state index contributed by atoms with van der Waals surface area (Å²) in [6.07, 6.45) is 5.77. The Morgan fingerprint density at radius 1 is 1.19 bits per heavy atom. The van der Waals surface area contributed by atoms with Gasteiger partial charge in [0.15, 0.2) is 18.1 Å². The molecule has 0 saturated carbocycles. The second-order valence-corrected chi connectivity index (χ2v) is 7.40. The van der Waals surface area contributed by atoms with Gasteiger partial charge in [0.2, 0.25) is 5.75 Å². The third-order valence-corrected chi connectivity index (χ3v) is 5.31. The van der Waals surface area contributed by atoms with E-state index in [0.717, 1.165) is 24.8 Å². The fourth-order valence-electron chi connectivity index (χ4n) is 3.88. The van der Waals surface area contributed by atoms with Crippen molar-refractivity contribution in [2.75, 3.05) is 26.9 Å². The molecule has 0 aromatic heterocycles. The Balaban J connectivity index is 1.31. The van der Waals surface area contributed by atoms with Gasteiger partial charge in [-0.25, -0.2) is 4.79 Å². The Kier molecular flexibility index (Phi) is 6.40. The van der Waals surface area contributed by atoms with Gasteiger partial charge in [-0.15, -0.1) is 0 Å². The van der Waals surface area contributed by atoms with Crippen molar-refractivity contribution in [3.63, 3.8) is 0 Å².